The van der Waals surface area contributed by atoms with Gasteiger partial charge in [-0.1, -0.05) is 5.21 Å². The molecule has 12 heavy (non-hydrogen) atoms. The summed E-state index contributed by atoms with van der Waals surface area (Å²) in [5.41, 5.74) is 4.74. The molecule has 4 N–H and O–H groups in total. The summed E-state index contributed by atoms with van der Waals surface area (Å²) in [6, 6.07) is -0.826. The van der Waals surface area contributed by atoms with Crippen LogP contribution in [-0.4, -0.2) is 32.2 Å². The topological polar surface area (TPSA) is 123 Å². The number of urea groups is 1. The zero-order chi connectivity index (χ0) is 9.14. The summed E-state index contributed by atoms with van der Waals surface area (Å²) in [7, 11) is 0. The van der Waals surface area contributed by atoms with Crippen molar-refractivity contribution in [3.05, 3.63) is 6.20 Å². The number of primary amides is 1. The van der Waals surface area contributed by atoms with Crippen molar-refractivity contribution >= 4 is 17.9 Å². The third-order valence-electron chi connectivity index (χ3n) is 0.941. The van der Waals surface area contributed by atoms with E-state index in [1.165, 1.54) is 0 Å². The Hall–Kier alpha value is -2.12. The summed E-state index contributed by atoms with van der Waals surface area (Å²) in [6.45, 7) is 0. The molecule has 8 nitrogen and oxygen atoms in total. The van der Waals surface area contributed by atoms with Gasteiger partial charge in [-0.3, -0.25) is 5.32 Å². The number of carbonyl (C=O) groups excluding carboxylic acids is 1. The summed E-state index contributed by atoms with van der Waals surface area (Å²) in [5, 5.41) is 16.9. The largest absolute Gasteiger partial charge is 0.463 e. The number of rotatable bonds is 1. The van der Waals surface area contributed by atoms with Gasteiger partial charge in [-0.05, 0) is 0 Å². The lowest BCUT2D eigenvalue weighted by molar-refractivity contribution is 0.192. The van der Waals surface area contributed by atoms with Crippen LogP contribution < -0.4 is 11.1 Å². The fourth-order valence-electron chi connectivity index (χ4n) is 0.541. The lowest BCUT2D eigenvalue weighted by atomic mass is 10.7. The van der Waals surface area contributed by atoms with Crippen molar-refractivity contribution in [1.82, 2.24) is 15.0 Å². The Bertz CT molecular complexity index is 318. The van der Waals surface area contributed by atoms with Crippen LogP contribution in [0.3, 0.4) is 0 Å². The molecule has 64 valence electrons. The molecule has 0 bridgehead atoms. The molecule has 0 aliphatic carbocycles. The molecule has 0 unspecified atom stereocenters. The van der Waals surface area contributed by atoms with E-state index >= 15 is 0 Å². The number of carboxylic acid groups (broad SMARTS) is 1. The molecular weight excluding hydrogens is 166 g/mol. The normalized spacial score (nSPS) is 9.33. The van der Waals surface area contributed by atoms with Crippen molar-refractivity contribution in [3.8, 4) is 0 Å². The van der Waals surface area contributed by atoms with E-state index in [1.54, 1.807) is 0 Å². The second-order valence-corrected chi connectivity index (χ2v) is 1.82. The van der Waals surface area contributed by atoms with Gasteiger partial charge >= 0.3 is 12.1 Å². The summed E-state index contributed by atoms with van der Waals surface area (Å²) >= 11 is 0. The average molecular weight is 171 g/mol. The predicted molar refractivity (Wildman–Crippen MR) is 36.7 cm³/mol. The van der Waals surface area contributed by atoms with Gasteiger partial charge in [0.25, 0.3) is 0 Å². The number of nitrogens with two attached hydrogens (primary N) is 1. The van der Waals surface area contributed by atoms with Gasteiger partial charge in [-0.15, -0.1) is 5.10 Å². The lowest BCUT2D eigenvalue weighted by Gasteiger charge is -1.90. The van der Waals surface area contributed by atoms with Gasteiger partial charge in [0.2, 0.25) is 0 Å². The highest BCUT2D eigenvalue weighted by molar-refractivity contribution is 5.86. The minimum Gasteiger partial charge on any atom is -0.463 e. The van der Waals surface area contributed by atoms with Gasteiger partial charge in [0, 0.05) is 0 Å². The van der Waals surface area contributed by atoms with Crippen LogP contribution in [-0.2, 0) is 0 Å². The summed E-state index contributed by atoms with van der Waals surface area (Å²) < 4.78 is 0.547. The summed E-state index contributed by atoms with van der Waals surface area (Å²) in [6.07, 6.45) is -0.271. The molecule has 0 saturated heterocycles. The number of nitrogens with zero attached hydrogens (tertiary/aromatic N) is 3. The first-order valence-electron chi connectivity index (χ1n) is 2.81. The van der Waals surface area contributed by atoms with Gasteiger partial charge in [0.15, 0.2) is 5.82 Å². The molecule has 0 spiro atoms. The minimum atomic E-state index is -1.29. The molecule has 1 aromatic rings. The molecule has 0 aromatic carbocycles. The Labute approximate surface area is 66.0 Å². The molecule has 0 radical (unpaired) electrons. The van der Waals surface area contributed by atoms with Crippen LogP contribution in [0, 0.1) is 0 Å². The SMILES string of the molecule is NC(=O)Nc1cn(C(=O)O)nn1. The molecule has 0 saturated carbocycles. The van der Waals surface area contributed by atoms with E-state index < -0.39 is 12.1 Å². The maximum atomic E-state index is 10.2. The fraction of sp³-hybridized carbons (Fsp3) is 0. The first-order valence-corrected chi connectivity index (χ1v) is 2.81. The third-order valence-corrected chi connectivity index (χ3v) is 0.941. The van der Waals surface area contributed by atoms with Gasteiger partial charge in [0.05, 0.1) is 6.20 Å². The Morgan fingerprint density at radius 2 is 2.33 bits per heavy atom. The van der Waals surface area contributed by atoms with E-state index in [-0.39, 0.29) is 5.82 Å². The first-order chi connectivity index (χ1) is 5.59. The van der Waals surface area contributed by atoms with Gasteiger partial charge in [-0.25, -0.2) is 9.59 Å². The van der Waals surface area contributed by atoms with E-state index in [1.807, 2.05) is 0 Å². The van der Waals surface area contributed by atoms with Gasteiger partial charge < -0.3 is 10.8 Å². The standard InChI is InChI=1S/C4H5N5O3/c5-3(10)6-2-1-9(4(11)12)8-7-2/h1H,(H,11,12)(H3,5,6,10). The van der Waals surface area contributed by atoms with Crippen LogP contribution in [0.15, 0.2) is 6.20 Å². The second-order valence-electron chi connectivity index (χ2n) is 1.82. The highest BCUT2D eigenvalue weighted by Crippen LogP contribution is 1.97. The van der Waals surface area contributed by atoms with Crippen LogP contribution in [0.25, 0.3) is 0 Å². The molecule has 0 aliphatic heterocycles. The molecule has 1 aromatic heterocycles. The fourth-order valence-corrected chi connectivity index (χ4v) is 0.541. The second kappa shape index (κ2) is 2.86. The van der Waals surface area contributed by atoms with Crippen LogP contribution in [0.5, 0.6) is 0 Å². The smallest absolute Gasteiger partial charge is 0.433 e. The van der Waals surface area contributed by atoms with E-state index in [9.17, 15) is 9.59 Å². The van der Waals surface area contributed by atoms with Crippen molar-refractivity contribution in [2.24, 2.45) is 5.73 Å². The molecule has 1 rings (SSSR count). The van der Waals surface area contributed by atoms with Gasteiger partial charge in [0.1, 0.15) is 0 Å². The molecule has 8 heteroatoms. The molecule has 1 heterocycles. The number of hydrogen-bond acceptors (Lipinski definition) is 4. The monoisotopic (exact) mass is 171 g/mol. The number of carbonyl (C=O) groups is 2. The van der Waals surface area contributed by atoms with Crippen molar-refractivity contribution < 1.29 is 14.7 Å². The molecule has 0 aliphatic rings. The van der Waals surface area contributed by atoms with Crippen molar-refractivity contribution in [1.29, 1.82) is 0 Å². The van der Waals surface area contributed by atoms with Crippen molar-refractivity contribution in [2.75, 3.05) is 5.32 Å². The van der Waals surface area contributed by atoms with Crippen LogP contribution in [0.4, 0.5) is 15.4 Å². The Morgan fingerprint density at radius 3 is 2.75 bits per heavy atom. The predicted octanol–water partition coefficient (Wildman–Crippen LogP) is -0.705. The highest BCUT2D eigenvalue weighted by atomic mass is 16.4. The third kappa shape index (κ3) is 1.68. The number of hydrogen-bond donors (Lipinski definition) is 3. The number of aromatic nitrogens is 3. The van der Waals surface area contributed by atoms with Crippen LogP contribution in [0.1, 0.15) is 0 Å². The number of anilines is 1. The van der Waals surface area contributed by atoms with Crippen LogP contribution in [0.2, 0.25) is 0 Å². The first kappa shape index (κ1) is 7.98. The Balaban J connectivity index is 2.77. The number of amides is 2. The highest BCUT2D eigenvalue weighted by Gasteiger charge is 2.06. The Morgan fingerprint density at radius 1 is 1.67 bits per heavy atom. The summed E-state index contributed by atoms with van der Waals surface area (Å²) in [4.78, 5) is 20.5. The molecular formula is C4H5N5O3. The summed E-state index contributed by atoms with van der Waals surface area (Å²) in [5.74, 6) is -0.00935. The minimum absolute atomic E-state index is 0.00935. The van der Waals surface area contributed by atoms with E-state index in [0.717, 1.165) is 6.20 Å². The zero-order valence-electron chi connectivity index (χ0n) is 5.76. The number of nitrogens with one attached hydrogen (secondary N) is 1. The lowest BCUT2D eigenvalue weighted by Crippen LogP contribution is -2.19. The molecule has 0 fully saturated rings. The molecule has 0 atom stereocenters. The maximum Gasteiger partial charge on any atom is 0.433 e. The van der Waals surface area contributed by atoms with Crippen molar-refractivity contribution in [2.45, 2.75) is 0 Å². The van der Waals surface area contributed by atoms with E-state index in [0.29, 0.717) is 4.68 Å². The van der Waals surface area contributed by atoms with Crippen molar-refractivity contribution in [3.63, 3.8) is 0 Å². The average Bonchev–Trinajstić information content (AvgIpc) is 2.34. The quantitative estimate of drug-likeness (QED) is 0.515. The Kier molecular flexibility index (Phi) is 1.90. The van der Waals surface area contributed by atoms with E-state index in [2.05, 4.69) is 15.6 Å². The van der Waals surface area contributed by atoms with Crippen LogP contribution >= 0.6 is 0 Å². The van der Waals surface area contributed by atoms with E-state index in [4.69, 9.17) is 10.8 Å². The zero-order valence-corrected chi connectivity index (χ0v) is 5.76. The molecule has 2 amide bonds. The maximum absolute atomic E-state index is 10.2. The van der Waals surface area contributed by atoms with Gasteiger partial charge in [-0.2, -0.15) is 4.68 Å².